The molecule has 4 rings (SSSR count). The van der Waals surface area contributed by atoms with Crippen LogP contribution in [0.15, 0.2) is 5.11 Å². The van der Waals surface area contributed by atoms with Crippen molar-refractivity contribution in [1.29, 1.82) is 0 Å². The van der Waals surface area contributed by atoms with Crippen LogP contribution in [-0.4, -0.2) is 30.6 Å². The molecule has 7 heteroatoms. The second kappa shape index (κ2) is 4.29. The largest absolute Gasteiger partial charge is 0.476 e. The lowest BCUT2D eigenvalue weighted by molar-refractivity contribution is -0.199. The van der Waals surface area contributed by atoms with Crippen LogP contribution in [0.4, 0.5) is 0 Å². The zero-order chi connectivity index (χ0) is 13.8. The van der Waals surface area contributed by atoms with Crippen molar-refractivity contribution in [2.75, 3.05) is 6.54 Å². The summed E-state index contributed by atoms with van der Waals surface area (Å²) in [4.78, 5) is 2.73. The Morgan fingerprint density at radius 2 is 2.21 bits per heavy atom. The van der Waals surface area contributed by atoms with Crippen molar-refractivity contribution in [3.63, 3.8) is 0 Å². The standard InChI is InChI=1S/C12H19BClN3O2/c1-11(2)7-4-8(11)12(3)9(5-7)18-13(19-12)10(14)6-16-17-15/h7-10H,4-6H2,1-3H3/t7?,8?,9?,10-,12+/m0/s1. The molecular weight excluding hydrogens is 264 g/mol. The summed E-state index contributed by atoms with van der Waals surface area (Å²) in [5.74, 6) is 1.25. The number of azide groups is 1. The molecule has 19 heavy (non-hydrogen) atoms. The van der Waals surface area contributed by atoms with Gasteiger partial charge in [-0.1, -0.05) is 19.0 Å². The van der Waals surface area contributed by atoms with E-state index >= 15 is 0 Å². The van der Waals surface area contributed by atoms with Crippen LogP contribution in [0.1, 0.15) is 33.6 Å². The topological polar surface area (TPSA) is 67.2 Å². The SMILES string of the molecule is CC1(C)C2CC3OB([C@@H](Cl)CN=[N+]=[N-])O[C@]3(C)C1C2. The maximum Gasteiger partial charge on any atom is 0.476 e. The summed E-state index contributed by atoms with van der Waals surface area (Å²) in [5, 5.41) is 3.09. The molecule has 0 spiro atoms. The number of hydrogen-bond donors (Lipinski definition) is 0. The first-order chi connectivity index (χ1) is 8.89. The average molecular weight is 284 g/mol. The first-order valence-electron chi connectivity index (χ1n) is 6.87. The van der Waals surface area contributed by atoms with Crippen molar-refractivity contribution in [1.82, 2.24) is 0 Å². The van der Waals surface area contributed by atoms with Crippen molar-refractivity contribution in [2.45, 2.75) is 50.6 Å². The molecule has 0 N–H and O–H groups in total. The molecule has 4 fully saturated rings. The third-order valence-corrected chi connectivity index (χ3v) is 5.93. The molecule has 5 atom stereocenters. The van der Waals surface area contributed by atoms with Crippen LogP contribution < -0.4 is 0 Å². The molecule has 1 heterocycles. The molecule has 1 aliphatic heterocycles. The minimum absolute atomic E-state index is 0.126. The lowest BCUT2D eigenvalue weighted by atomic mass is 9.43. The van der Waals surface area contributed by atoms with Gasteiger partial charge in [0, 0.05) is 11.5 Å². The first-order valence-corrected chi connectivity index (χ1v) is 7.31. The van der Waals surface area contributed by atoms with Crippen LogP contribution in [-0.2, 0) is 9.31 Å². The molecule has 4 aliphatic rings. The van der Waals surface area contributed by atoms with Crippen LogP contribution in [0.2, 0.25) is 0 Å². The maximum absolute atomic E-state index is 8.35. The molecule has 5 nitrogen and oxygen atoms in total. The van der Waals surface area contributed by atoms with Gasteiger partial charge in [0.15, 0.2) is 0 Å². The number of hydrogen-bond acceptors (Lipinski definition) is 3. The normalized spacial score (nSPS) is 44.0. The van der Waals surface area contributed by atoms with Crippen LogP contribution in [0.25, 0.3) is 10.4 Å². The Morgan fingerprint density at radius 3 is 2.84 bits per heavy atom. The third kappa shape index (κ3) is 1.81. The van der Waals surface area contributed by atoms with E-state index in [1.807, 2.05) is 0 Å². The third-order valence-electron chi connectivity index (χ3n) is 5.58. The van der Waals surface area contributed by atoms with Gasteiger partial charge in [-0.3, -0.25) is 0 Å². The molecule has 3 saturated carbocycles. The van der Waals surface area contributed by atoms with E-state index in [4.69, 9.17) is 26.4 Å². The average Bonchev–Trinajstić information content (AvgIpc) is 2.72. The van der Waals surface area contributed by atoms with Crippen LogP contribution in [0.3, 0.4) is 0 Å². The summed E-state index contributed by atoms with van der Waals surface area (Å²) < 4.78 is 12.1. The monoisotopic (exact) mass is 283 g/mol. The highest BCUT2D eigenvalue weighted by Gasteiger charge is 2.68. The highest BCUT2D eigenvalue weighted by Crippen LogP contribution is 2.65. The molecule has 2 bridgehead atoms. The maximum atomic E-state index is 8.35. The van der Waals surface area contributed by atoms with Gasteiger partial charge in [0.1, 0.15) is 0 Å². The fourth-order valence-corrected chi connectivity index (χ4v) is 4.43. The van der Waals surface area contributed by atoms with Crippen LogP contribution >= 0.6 is 11.6 Å². The molecule has 104 valence electrons. The fraction of sp³-hybridized carbons (Fsp3) is 1.00. The second-order valence-electron chi connectivity index (χ2n) is 6.77. The number of rotatable bonds is 3. The van der Waals surface area contributed by atoms with E-state index in [0.717, 1.165) is 12.3 Å². The summed E-state index contributed by atoms with van der Waals surface area (Å²) in [6, 6.07) is 0. The van der Waals surface area contributed by atoms with Crippen LogP contribution in [0.5, 0.6) is 0 Å². The van der Waals surface area contributed by atoms with E-state index < -0.39 is 12.4 Å². The Labute approximate surface area is 118 Å². The predicted molar refractivity (Wildman–Crippen MR) is 73.8 cm³/mol. The van der Waals surface area contributed by atoms with Crippen molar-refractivity contribution in [2.24, 2.45) is 22.4 Å². The Balaban J connectivity index is 1.75. The fourth-order valence-electron chi connectivity index (χ4n) is 4.25. The molecule has 0 aromatic carbocycles. The minimum Gasteiger partial charge on any atom is -0.404 e. The van der Waals surface area contributed by atoms with E-state index in [1.165, 1.54) is 6.42 Å². The predicted octanol–water partition coefficient (Wildman–Crippen LogP) is 3.17. The van der Waals surface area contributed by atoms with Crippen molar-refractivity contribution < 1.29 is 9.31 Å². The molecule has 0 amide bonds. The van der Waals surface area contributed by atoms with Crippen molar-refractivity contribution in [3.8, 4) is 0 Å². The van der Waals surface area contributed by atoms with E-state index in [9.17, 15) is 0 Å². The summed E-state index contributed by atoms with van der Waals surface area (Å²) in [7, 11) is -0.461. The molecule has 0 aromatic heterocycles. The molecule has 3 unspecified atom stereocenters. The van der Waals surface area contributed by atoms with Gasteiger partial charge in [-0.2, -0.15) is 0 Å². The summed E-state index contributed by atoms with van der Waals surface area (Å²) in [6.45, 7) is 6.99. The van der Waals surface area contributed by atoms with Gasteiger partial charge in [0.2, 0.25) is 0 Å². The summed E-state index contributed by atoms with van der Waals surface area (Å²) >= 11 is 6.21. The van der Waals surface area contributed by atoms with Gasteiger partial charge in [0.25, 0.3) is 0 Å². The zero-order valence-electron chi connectivity index (χ0n) is 11.5. The van der Waals surface area contributed by atoms with Gasteiger partial charge in [0.05, 0.1) is 17.0 Å². The smallest absolute Gasteiger partial charge is 0.404 e. The van der Waals surface area contributed by atoms with E-state index in [2.05, 4.69) is 30.8 Å². The van der Waals surface area contributed by atoms with E-state index in [-0.39, 0.29) is 18.2 Å². The Morgan fingerprint density at radius 1 is 1.47 bits per heavy atom. The number of alkyl halides is 1. The molecular formula is C12H19BClN3O2. The van der Waals surface area contributed by atoms with Gasteiger partial charge in [-0.25, -0.2) is 0 Å². The van der Waals surface area contributed by atoms with Crippen molar-refractivity contribution >= 4 is 18.7 Å². The lowest BCUT2D eigenvalue weighted by Gasteiger charge is -2.64. The number of halogens is 1. The Hall–Kier alpha value is -0.415. The lowest BCUT2D eigenvalue weighted by Crippen LogP contribution is -2.65. The van der Waals surface area contributed by atoms with Crippen molar-refractivity contribution in [3.05, 3.63) is 10.4 Å². The first kappa shape index (κ1) is 13.6. The summed E-state index contributed by atoms with van der Waals surface area (Å²) in [6.07, 6.45) is 2.39. The highest BCUT2D eigenvalue weighted by atomic mass is 35.5. The van der Waals surface area contributed by atoms with E-state index in [1.54, 1.807) is 0 Å². The minimum atomic E-state index is -0.461. The van der Waals surface area contributed by atoms with Gasteiger partial charge in [-0.15, -0.1) is 11.6 Å². The second-order valence-corrected chi connectivity index (χ2v) is 7.33. The van der Waals surface area contributed by atoms with Gasteiger partial charge >= 0.3 is 7.12 Å². The van der Waals surface area contributed by atoms with Gasteiger partial charge in [-0.05, 0) is 42.5 Å². The van der Waals surface area contributed by atoms with Gasteiger partial charge < -0.3 is 9.31 Å². The molecule has 0 aromatic rings. The van der Waals surface area contributed by atoms with Crippen LogP contribution in [0, 0.1) is 17.3 Å². The van der Waals surface area contributed by atoms with E-state index in [0.29, 0.717) is 11.3 Å². The Bertz CT molecular complexity index is 443. The zero-order valence-corrected chi connectivity index (χ0v) is 12.3. The molecule has 3 aliphatic carbocycles. The summed E-state index contributed by atoms with van der Waals surface area (Å²) in [5.41, 5.74) is 8.44. The highest BCUT2D eigenvalue weighted by molar-refractivity contribution is 6.60. The molecule has 1 saturated heterocycles. The molecule has 0 radical (unpaired) electrons. The Kier molecular flexibility index (Phi) is 3.06. The number of nitrogens with zero attached hydrogens (tertiary/aromatic N) is 3. The quantitative estimate of drug-likeness (QED) is 0.262.